The lowest BCUT2D eigenvalue weighted by atomic mass is 10.1. The molecule has 0 fully saturated rings. The summed E-state index contributed by atoms with van der Waals surface area (Å²) < 4.78 is 19.9. The number of aliphatic carboxylic acids is 1. The van der Waals surface area contributed by atoms with Crippen molar-refractivity contribution in [3.05, 3.63) is 34.5 Å². The highest BCUT2D eigenvalue weighted by Gasteiger charge is 2.25. The highest BCUT2D eigenvalue weighted by molar-refractivity contribution is 7.21. The largest absolute Gasteiger partial charge is 0.480 e. The molecule has 0 radical (unpaired) electrons. The molecule has 1 amide bonds. The Bertz CT molecular complexity index is 744. The summed E-state index contributed by atoms with van der Waals surface area (Å²) >= 11 is 1.14. The molecule has 2 N–H and O–H groups in total. The number of rotatable bonds is 8. The number of nitrogens with one attached hydrogen (secondary N) is 1. The minimum Gasteiger partial charge on any atom is -0.480 e. The number of hydrogen-bond donors (Lipinski definition) is 2. The number of benzene rings is 1. The predicted octanol–water partition coefficient (Wildman–Crippen LogP) is 3.56. The quantitative estimate of drug-likeness (QED) is 0.761. The molecule has 1 atom stereocenters. The van der Waals surface area contributed by atoms with Crippen molar-refractivity contribution in [2.24, 2.45) is 0 Å². The molecule has 0 aliphatic rings. The molecule has 7 heteroatoms. The fourth-order valence-electron chi connectivity index (χ4n) is 2.52. The number of hydrogen-bond acceptors (Lipinski definition) is 4. The molecule has 2 aromatic rings. The van der Waals surface area contributed by atoms with Crippen LogP contribution in [0.25, 0.3) is 10.1 Å². The number of fused-ring (bicyclic) bond motifs is 1. The van der Waals surface area contributed by atoms with Crippen molar-refractivity contribution in [2.45, 2.75) is 38.8 Å². The van der Waals surface area contributed by atoms with Crippen molar-refractivity contribution in [3.8, 4) is 0 Å². The Labute approximate surface area is 143 Å². The summed E-state index contributed by atoms with van der Waals surface area (Å²) in [5.41, 5.74) is 0.452. The number of ether oxygens (including phenoxy) is 1. The molecule has 2 rings (SSSR count). The molecule has 0 saturated carbocycles. The van der Waals surface area contributed by atoms with Crippen LogP contribution in [0.1, 0.15) is 41.4 Å². The Morgan fingerprint density at radius 2 is 2.17 bits per heavy atom. The van der Waals surface area contributed by atoms with Crippen LogP contribution in [0.4, 0.5) is 4.39 Å². The first-order valence-electron chi connectivity index (χ1n) is 7.72. The molecule has 0 saturated heterocycles. The first kappa shape index (κ1) is 18.4. The second kappa shape index (κ2) is 8.21. The Balaban J connectivity index is 2.36. The molecule has 0 bridgehead atoms. The van der Waals surface area contributed by atoms with E-state index in [2.05, 4.69) is 5.32 Å². The van der Waals surface area contributed by atoms with E-state index in [1.165, 1.54) is 13.2 Å². The van der Waals surface area contributed by atoms with Gasteiger partial charge in [-0.1, -0.05) is 25.8 Å². The molecule has 24 heavy (non-hydrogen) atoms. The van der Waals surface area contributed by atoms with E-state index in [4.69, 9.17) is 4.74 Å². The maximum absolute atomic E-state index is 14.1. The van der Waals surface area contributed by atoms with Crippen molar-refractivity contribution in [3.63, 3.8) is 0 Å². The van der Waals surface area contributed by atoms with Crippen LogP contribution in [0, 0.1) is 5.82 Å². The zero-order valence-electron chi connectivity index (χ0n) is 13.6. The Morgan fingerprint density at radius 1 is 1.42 bits per heavy atom. The summed E-state index contributed by atoms with van der Waals surface area (Å²) in [5, 5.41) is 12.2. The molecule has 130 valence electrons. The average Bonchev–Trinajstić information content (AvgIpc) is 2.91. The fourth-order valence-corrected chi connectivity index (χ4v) is 3.65. The molecule has 1 aromatic carbocycles. The normalized spacial score (nSPS) is 12.3. The molecule has 0 spiro atoms. The van der Waals surface area contributed by atoms with E-state index in [1.54, 1.807) is 12.1 Å². The van der Waals surface area contributed by atoms with Gasteiger partial charge >= 0.3 is 5.97 Å². The second-order valence-electron chi connectivity index (χ2n) is 5.46. The minimum absolute atomic E-state index is 0.0797. The smallest absolute Gasteiger partial charge is 0.326 e. The van der Waals surface area contributed by atoms with E-state index in [9.17, 15) is 19.1 Å². The van der Waals surface area contributed by atoms with E-state index in [0.717, 1.165) is 17.8 Å². The number of unbranched alkanes of at least 4 members (excludes halogenated alkanes) is 1. The first-order chi connectivity index (χ1) is 11.5. The van der Waals surface area contributed by atoms with Crippen molar-refractivity contribution in [2.75, 3.05) is 7.11 Å². The monoisotopic (exact) mass is 353 g/mol. The van der Waals surface area contributed by atoms with E-state index in [0.29, 0.717) is 33.4 Å². The third-order valence-corrected chi connectivity index (χ3v) is 4.90. The van der Waals surface area contributed by atoms with Gasteiger partial charge < -0.3 is 15.2 Å². The summed E-state index contributed by atoms with van der Waals surface area (Å²) in [7, 11) is 1.47. The van der Waals surface area contributed by atoms with Gasteiger partial charge in [0.05, 0.1) is 11.5 Å². The molecule has 0 aliphatic heterocycles. The molecule has 0 aliphatic carbocycles. The zero-order chi connectivity index (χ0) is 17.7. The van der Waals surface area contributed by atoms with Gasteiger partial charge in [0.1, 0.15) is 11.9 Å². The van der Waals surface area contributed by atoms with Gasteiger partial charge in [-0.2, -0.15) is 0 Å². The van der Waals surface area contributed by atoms with E-state index in [1.807, 2.05) is 6.92 Å². The van der Waals surface area contributed by atoms with Crippen LogP contribution in [0.3, 0.4) is 0 Å². The Hall–Kier alpha value is -1.99. The Morgan fingerprint density at radius 3 is 2.79 bits per heavy atom. The summed E-state index contributed by atoms with van der Waals surface area (Å²) in [6.45, 7) is 2.03. The summed E-state index contributed by atoms with van der Waals surface area (Å²) in [6, 6.07) is 3.68. The lowest BCUT2D eigenvalue weighted by Gasteiger charge is -2.14. The molecule has 5 nitrogen and oxygen atoms in total. The highest BCUT2D eigenvalue weighted by atomic mass is 32.1. The van der Waals surface area contributed by atoms with Crippen molar-refractivity contribution in [1.29, 1.82) is 0 Å². The predicted molar refractivity (Wildman–Crippen MR) is 90.9 cm³/mol. The molecule has 1 unspecified atom stereocenters. The van der Waals surface area contributed by atoms with Gasteiger partial charge in [0.25, 0.3) is 5.91 Å². The second-order valence-corrected chi connectivity index (χ2v) is 6.51. The maximum Gasteiger partial charge on any atom is 0.326 e. The molecular formula is C17H20FNO4S. The maximum atomic E-state index is 14.1. The van der Waals surface area contributed by atoms with Crippen molar-refractivity contribution in [1.82, 2.24) is 5.32 Å². The molecular weight excluding hydrogens is 333 g/mol. The van der Waals surface area contributed by atoms with Gasteiger partial charge in [-0.05, 0) is 18.6 Å². The number of methoxy groups -OCH3 is 1. The first-order valence-corrected chi connectivity index (χ1v) is 8.53. The lowest BCUT2D eigenvalue weighted by molar-refractivity contribution is -0.139. The van der Waals surface area contributed by atoms with Crippen LogP contribution in [-0.2, 0) is 16.1 Å². The van der Waals surface area contributed by atoms with Crippen LogP contribution in [0.5, 0.6) is 0 Å². The van der Waals surface area contributed by atoms with Crippen molar-refractivity contribution < 1.29 is 23.8 Å². The lowest BCUT2D eigenvalue weighted by Crippen LogP contribution is -2.40. The third kappa shape index (κ3) is 3.91. The minimum atomic E-state index is -1.07. The van der Waals surface area contributed by atoms with Crippen LogP contribution < -0.4 is 5.32 Å². The summed E-state index contributed by atoms with van der Waals surface area (Å²) in [4.78, 5) is 24.2. The number of carbonyl (C=O) groups is 2. The third-order valence-electron chi connectivity index (χ3n) is 3.71. The number of carboxylic acids is 1. The number of thiophene rings is 1. The van der Waals surface area contributed by atoms with Crippen LogP contribution in [-0.4, -0.2) is 30.1 Å². The van der Waals surface area contributed by atoms with Crippen molar-refractivity contribution >= 4 is 33.3 Å². The number of amides is 1. The number of carbonyl (C=O) groups excluding carboxylic acids is 1. The van der Waals surface area contributed by atoms with Crippen LogP contribution >= 0.6 is 11.3 Å². The Kier molecular flexibility index (Phi) is 6.28. The average molecular weight is 353 g/mol. The SMILES string of the molecule is CCCCC(NC(=O)c1sc2cccc(F)c2c1COC)C(=O)O. The van der Waals surface area contributed by atoms with Crippen LogP contribution in [0.15, 0.2) is 18.2 Å². The van der Waals surface area contributed by atoms with Gasteiger partial charge in [0, 0.05) is 22.8 Å². The standard InChI is InChI=1S/C17H20FNO4S/c1-3-4-7-12(17(21)22)19-16(20)15-10(9-23-2)14-11(18)6-5-8-13(14)24-15/h5-6,8,12H,3-4,7,9H2,1-2H3,(H,19,20)(H,21,22). The highest BCUT2D eigenvalue weighted by Crippen LogP contribution is 2.33. The summed E-state index contributed by atoms with van der Waals surface area (Å²) in [5.74, 6) is -2.00. The van der Waals surface area contributed by atoms with Gasteiger partial charge in [0.15, 0.2) is 0 Å². The van der Waals surface area contributed by atoms with Gasteiger partial charge in [0.2, 0.25) is 0 Å². The van der Waals surface area contributed by atoms with E-state index < -0.39 is 23.7 Å². The topological polar surface area (TPSA) is 75.6 Å². The fraction of sp³-hybridized carbons (Fsp3) is 0.412. The van der Waals surface area contributed by atoms with Gasteiger partial charge in [-0.25, -0.2) is 9.18 Å². The summed E-state index contributed by atoms with van der Waals surface area (Å²) in [6.07, 6.45) is 1.89. The molecule has 1 heterocycles. The van der Waals surface area contributed by atoms with Crippen LogP contribution in [0.2, 0.25) is 0 Å². The van der Waals surface area contributed by atoms with Gasteiger partial charge in [-0.3, -0.25) is 4.79 Å². The number of carboxylic acid groups (broad SMARTS) is 1. The van der Waals surface area contributed by atoms with E-state index in [-0.39, 0.29) is 6.61 Å². The van der Waals surface area contributed by atoms with E-state index >= 15 is 0 Å². The number of halogens is 1. The molecule has 1 aromatic heterocycles. The zero-order valence-corrected chi connectivity index (χ0v) is 14.4. The van der Waals surface area contributed by atoms with Gasteiger partial charge in [-0.15, -0.1) is 11.3 Å².